The van der Waals surface area contributed by atoms with E-state index in [4.69, 9.17) is 18.9 Å². The number of nitrogens with one attached hydrogen (secondary N) is 1. The van der Waals surface area contributed by atoms with E-state index in [0.29, 0.717) is 22.9 Å². The Labute approximate surface area is 192 Å². The Kier molecular flexibility index (Phi) is 7.44. The average Bonchev–Trinajstić information content (AvgIpc) is 2.82. The fourth-order valence-corrected chi connectivity index (χ4v) is 4.15. The zero-order chi connectivity index (χ0) is 24.0. The van der Waals surface area contributed by atoms with Gasteiger partial charge < -0.3 is 18.9 Å². The summed E-state index contributed by atoms with van der Waals surface area (Å²) in [6.45, 7) is 0. The SMILES string of the molecule is COc1ccc(S(=O)(=O)Nc2ccc(C=Cc3cc(OC)c(OC)c(OC)c3)cc2)cc1F. The van der Waals surface area contributed by atoms with Gasteiger partial charge in [0.05, 0.1) is 33.3 Å². The van der Waals surface area contributed by atoms with Crippen LogP contribution in [-0.2, 0) is 10.0 Å². The Morgan fingerprint density at radius 2 is 1.30 bits per heavy atom. The van der Waals surface area contributed by atoms with Crippen LogP contribution in [0.2, 0.25) is 0 Å². The second-order valence-corrected chi connectivity index (χ2v) is 8.50. The molecule has 1 N–H and O–H groups in total. The summed E-state index contributed by atoms with van der Waals surface area (Å²) in [6, 6.07) is 13.8. The van der Waals surface area contributed by atoms with Crippen LogP contribution < -0.4 is 23.7 Å². The molecule has 0 spiro atoms. The van der Waals surface area contributed by atoms with Crippen molar-refractivity contribution in [2.24, 2.45) is 0 Å². The molecule has 0 aliphatic heterocycles. The van der Waals surface area contributed by atoms with E-state index in [-0.39, 0.29) is 10.6 Å². The van der Waals surface area contributed by atoms with Gasteiger partial charge in [0.25, 0.3) is 10.0 Å². The van der Waals surface area contributed by atoms with Gasteiger partial charge >= 0.3 is 0 Å². The van der Waals surface area contributed by atoms with Crippen LogP contribution in [0.15, 0.2) is 59.5 Å². The molecule has 0 fully saturated rings. The molecule has 0 radical (unpaired) electrons. The lowest BCUT2D eigenvalue weighted by Gasteiger charge is -2.12. The first kappa shape index (κ1) is 23.9. The standard InChI is InChI=1S/C24H24FNO6S/c1-29-21-12-11-19(15-20(21)25)33(27,28)26-18-9-7-16(8-10-18)5-6-17-13-22(30-2)24(32-4)23(14-17)31-3/h5-15,26H,1-4H3. The molecule has 0 atom stereocenters. The molecule has 3 aromatic carbocycles. The van der Waals surface area contributed by atoms with Gasteiger partial charge in [-0.3, -0.25) is 4.72 Å². The van der Waals surface area contributed by atoms with Crippen molar-refractivity contribution in [1.29, 1.82) is 0 Å². The summed E-state index contributed by atoms with van der Waals surface area (Å²) in [7, 11) is 1.99. The zero-order valence-corrected chi connectivity index (χ0v) is 19.4. The molecule has 0 unspecified atom stereocenters. The molecule has 0 saturated carbocycles. The van der Waals surface area contributed by atoms with Gasteiger partial charge in [-0.05, 0) is 53.6 Å². The van der Waals surface area contributed by atoms with E-state index in [9.17, 15) is 12.8 Å². The van der Waals surface area contributed by atoms with E-state index < -0.39 is 15.8 Å². The Morgan fingerprint density at radius 1 is 0.727 bits per heavy atom. The first-order valence-electron chi connectivity index (χ1n) is 9.75. The number of sulfonamides is 1. The molecule has 0 heterocycles. The predicted molar refractivity (Wildman–Crippen MR) is 125 cm³/mol. The first-order chi connectivity index (χ1) is 15.8. The second kappa shape index (κ2) is 10.3. The lowest BCUT2D eigenvalue weighted by molar-refractivity contribution is 0.324. The normalized spacial score (nSPS) is 11.3. The van der Waals surface area contributed by atoms with E-state index in [0.717, 1.165) is 17.2 Å². The molecule has 0 bridgehead atoms. The van der Waals surface area contributed by atoms with Crippen molar-refractivity contribution in [2.75, 3.05) is 33.2 Å². The fraction of sp³-hybridized carbons (Fsp3) is 0.167. The summed E-state index contributed by atoms with van der Waals surface area (Å²) < 4.78 is 62.3. The molecule has 3 aromatic rings. The number of halogens is 1. The molecular formula is C24H24FNO6S. The summed E-state index contributed by atoms with van der Waals surface area (Å²) in [5.74, 6) is 0.794. The van der Waals surface area contributed by atoms with Crippen molar-refractivity contribution < 1.29 is 31.8 Å². The first-order valence-corrected chi connectivity index (χ1v) is 11.2. The van der Waals surface area contributed by atoms with Gasteiger partial charge in [-0.15, -0.1) is 0 Å². The topological polar surface area (TPSA) is 83.1 Å². The molecular weight excluding hydrogens is 449 g/mol. The van der Waals surface area contributed by atoms with Crippen molar-refractivity contribution in [3.05, 3.63) is 71.5 Å². The van der Waals surface area contributed by atoms with Crippen molar-refractivity contribution in [3.8, 4) is 23.0 Å². The highest BCUT2D eigenvalue weighted by Gasteiger charge is 2.17. The van der Waals surface area contributed by atoms with E-state index in [1.54, 1.807) is 38.5 Å². The van der Waals surface area contributed by atoms with Crippen molar-refractivity contribution in [1.82, 2.24) is 0 Å². The molecule has 33 heavy (non-hydrogen) atoms. The number of anilines is 1. The van der Waals surface area contributed by atoms with Crippen molar-refractivity contribution >= 4 is 27.9 Å². The van der Waals surface area contributed by atoms with Crippen LogP contribution in [0.5, 0.6) is 23.0 Å². The molecule has 9 heteroatoms. The lowest BCUT2D eigenvalue weighted by atomic mass is 10.1. The lowest BCUT2D eigenvalue weighted by Crippen LogP contribution is -2.13. The summed E-state index contributed by atoms with van der Waals surface area (Å²) >= 11 is 0. The van der Waals surface area contributed by atoms with Gasteiger partial charge in [0, 0.05) is 5.69 Å². The van der Waals surface area contributed by atoms with Crippen LogP contribution in [0.3, 0.4) is 0 Å². The molecule has 0 aliphatic carbocycles. The monoisotopic (exact) mass is 473 g/mol. The maximum Gasteiger partial charge on any atom is 0.262 e. The van der Waals surface area contributed by atoms with Crippen molar-refractivity contribution in [3.63, 3.8) is 0 Å². The number of ether oxygens (including phenoxy) is 4. The molecule has 0 saturated heterocycles. The summed E-state index contributed by atoms with van der Waals surface area (Å²) in [5.41, 5.74) is 2.01. The molecule has 0 aromatic heterocycles. The van der Waals surface area contributed by atoms with Gasteiger partial charge in [0.1, 0.15) is 0 Å². The van der Waals surface area contributed by atoms with Crippen LogP contribution in [0.1, 0.15) is 11.1 Å². The van der Waals surface area contributed by atoms with E-state index in [2.05, 4.69) is 4.72 Å². The number of methoxy groups -OCH3 is 4. The minimum absolute atomic E-state index is 0.0304. The van der Waals surface area contributed by atoms with Crippen LogP contribution >= 0.6 is 0 Å². The quantitative estimate of drug-likeness (QED) is 0.448. The largest absolute Gasteiger partial charge is 0.494 e. The van der Waals surface area contributed by atoms with Gasteiger partial charge in [-0.2, -0.15) is 0 Å². The highest BCUT2D eigenvalue weighted by atomic mass is 32.2. The Bertz CT molecular complexity index is 1230. The third-order valence-electron chi connectivity index (χ3n) is 4.75. The molecule has 174 valence electrons. The number of benzene rings is 3. The molecule has 3 rings (SSSR count). The maximum atomic E-state index is 13.9. The van der Waals surface area contributed by atoms with Crippen LogP contribution in [0.4, 0.5) is 10.1 Å². The van der Waals surface area contributed by atoms with Crippen molar-refractivity contribution in [2.45, 2.75) is 4.90 Å². The van der Waals surface area contributed by atoms with Crippen LogP contribution in [-0.4, -0.2) is 36.9 Å². The number of hydrogen-bond acceptors (Lipinski definition) is 6. The minimum atomic E-state index is -3.95. The molecule has 7 nitrogen and oxygen atoms in total. The third-order valence-corrected chi connectivity index (χ3v) is 6.13. The second-order valence-electron chi connectivity index (χ2n) is 6.82. The molecule has 0 aliphatic rings. The Hall–Kier alpha value is -3.72. The Morgan fingerprint density at radius 3 is 1.82 bits per heavy atom. The van der Waals surface area contributed by atoms with Gasteiger partial charge in [-0.1, -0.05) is 24.3 Å². The van der Waals surface area contributed by atoms with Gasteiger partial charge in [0.15, 0.2) is 23.1 Å². The van der Waals surface area contributed by atoms with E-state index in [1.165, 1.54) is 26.4 Å². The smallest absolute Gasteiger partial charge is 0.262 e. The summed E-state index contributed by atoms with van der Waals surface area (Å²) in [4.78, 5) is -0.202. The van der Waals surface area contributed by atoms with Gasteiger partial charge in [0.2, 0.25) is 5.75 Å². The Balaban J connectivity index is 1.77. The zero-order valence-electron chi connectivity index (χ0n) is 18.6. The van der Waals surface area contributed by atoms with Crippen LogP contribution in [0, 0.1) is 5.82 Å². The number of rotatable bonds is 9. The van der Waals surface area contributed by atoms with Crippen LogP contribution in [0.25, 0.3) is 12.2 Å². The maximum absolute atomic E-state index is 13.9. The van der Waals surface area contributed by atoms with Gasteiger partial charge in [-0.25, -0.2) is 12.8 Å². The fourth-order valence-electron chi connectivity index (χ4n) is 3.08. The van der Waals surface area contributed by atoms with E-state index in [1.807, 2.05) is 24.3 Å². The summed E-state index contributed by atoms with van der Waals surface area (Å²) in [6.07, 6.45) is 3.72. The number of hydrogen-bond donors (Lipinski definition) is 1. The molecule has 0 amide bonds. The highest BCUT2D eigenvalue weighted by Crippen LogP contribution is 2.38. The average molecular weight is 474 g/mol. The highest BCUT2D eigenvalue weighted by molar-refractivity contribution is 7.92. The van der Waals surface area contributed by atoms with E-state index >= 15 is 0 Å². The third kappa shape index (κ3) is 5.56. The minimum Gasteiger partial charge on any atom is -0.494 e. The summed E-state index contributed by atoms with van der Waals surface area (Å²) in [5, 5.41) is 0. The predicted octanol–water partition coefficient (Wildman–Crippen LogP) is 4.83.